The number of phenolic OH excluding ortho intramolecular Hbond substituents is 2. The highest BCUT2D eigenvalue weighted by atomic mass is 16.5. The summed E-state index contributed by atoms with van der Waals surface area (Å²) in [6, 6.07) is 49.2. The molecular weight excluding hydrogens is 785 g/mol. The summed E-state index contributed by atoms with van der Waals surface area (Å²) in [4.78, 5) is 32.4. The Kier molecular flexibility index (Phi) is 13.3. The zero-order valence-electron chi connectivity index (χ0n) is 35.9. The molecule has 0 radical (unpaired) electrons. The Morgan fingerprint density at radius 2 is 1.02 bits per heavy atom. The van der Waals surface area contributed by atoms with Gasteiger partial charge in [-0.2, -0.15) is 0 Å². The second-order valence-electron chi connectivity index (χ2n) is 16.3. The maximum Gasteiger partial charge on any atom is 0.246 e. The number of ether oxygens (including phenoxy) is 1. The fourth-order valence-electron chi connectivity index (χ4n) is 8.69. The molecule has 9 nitrogen and oxygen atoms in total. The van der Waals surface area contributed by atoms with E-state index in [2.05, 4.69) is 94.7 Å². The number of para-hydroxylation sites is 2. The number of fused-ring (bicyclic) bond motifs is 2. The molecule has 6 aromatic carbocycles. The van der Waals surface area contributed by atoms with E-state index in [9.17, 15) is 19.8 Å². The van der Waals surface area contributed by atoms with E-state index < -0.39 is 0 Å². The molecule has 2 N–H and O–H groups in total. The van der Waals surface area contributed by atoms with Crippen LogP contribution >= 0.6 is 0 Å². The number of morpholine rings is 1. The van der Waals surface area contributed by atoms with Gasteiger partial charge in [-0.3, -0.25) is 9.59 Å². The number of phenols is 2. The van der Waals surface area contributed by atoms with Gasteiger partial charge in [0.2, 0.25) is 11.8 Å². The molecule has 1 saturated heterocycles. The lowest BCUT2D eigenvalue weighted by Crippen LogP contribution is -2.39. The third kappa shape index (κ3) is 10.2. The van der Waals surface area contributed by atoms with E-state index in [4.69, 9.17) is 4.74 Å². The Labute approximate surface area is 370 Å². The van der Waals surface area contributed by atoms with Gasteiger partial charge in [-0.25, -0.2) is 0 Å². The quantitative estimate of drug-likeness (QED) is 0.148. The van der Waals surface area contributed by atoms with Crippen molar-refractivity contribution in [1.82, 2.24) is 9.80 Å². The van der Waals surface area contributed by atoms with E-state index in [1.54, 1.807) is 43.3 Å². The third-order valence-corrected chi connectivity index (χ3v) is 12.0. The van der Waals surface area contributed by atoms with Gasteiger partial charge in [-0.1, -0.05) is 97.1 Å². The van der Waals surface area contributed by atoms with Crippen LogP contribution in [0.3, 0.4) is 0 Å². The summed E-state index contributed by atoms with van der Waals surface area (Å²) in [5, 5.41) is 20.0. The molecule has 6 aromatic rings. The summed E-state index contributed by atoms with van der Waals surface area (Å²) >= 11 is 0. The molecule has 0 bridgehead atoms. The Morgan fingerprint density at radius 3 is 1.46 bits per heavy atom. The molecule has 9 rings (SSSR count). The summed E-state index contributed by atoms with van der Waals surface area (Å²) in [5.74, 6) is 0.617. The highest BCUT2D eigenvalue weighted by Gasteiger charge is 2.31. The summed E-state index contributed by atoms with van der Waals surface area (Å²) in [6.07, 6.45) is 8.73. The van der Waals surface area contributed by atoms with Crippen LogP contribution in [0.4, 0.5) is 11.4 Å². The second kappa shape index (κ2) is 19.7. The van der Waals surface area contributed by atoms with E-state index in [0.29, 0.717) is 37.8 Å². The van der Waals surface area contributed by atoms with Crippen molar-refractivity contribution < 1.29 is 24.5 Å². The number of benzene rings is 6. The van der Waals surface area contributed by atoms with E-state index >= 15 is 0 Å². The van der Waals surface area contributed by atoms with Crippen molar-refractivity contribution in [3.8, 4) is 11.5 Å². The zero-order valence-corrected chi connectivity index (χ0v) is 35.9. The summed E-state index contributed by atoms with van der Waals surface area (Å²) in [5.41, 5.74) is 11.5. The van der Waals surface area contributed by atoms with Gasteiger partial charge in [0.05, 0.1) is 25.3 Å². The normalized spacial score (nSPS) is 17.1. The first-order valence-corrected chi connectivity index (χ1v) is 21.6. The Morgan fingerprint density at radius 1 is 0.571 bits per heavy atom. The lowest BCUT2D eigenvalue weighted by molar-refractivity contribution is -0.129. The number of carbonyl (C=O) groups excluding carboxylic acids is 2. The molecule has 2 atom stereocenters. The molecule has 0 spiro atoms. The van der Waals surface area contributed by atoms with Gasteiger partial charge in [0.1, 0.15) is 11.5 Å². The number of hydrogen-bond acceptors (Lipinski definition) is 7. The topological polar surface area (TPSA) is 96.8 Å². The van der Waals surface area contributed by atoms with Crippen LogP contribution < -0.4 is 9.80 Å². The van der Waals surface area contributed by atoms with Crippen LogP contribution in [0.5, 0.6) is 11.5 Å². The Balaban J connectivity index is 0.000000174. The largest absolute Gasteiger partial charge is 0.508 e. The predicted octanol–water partition coefficient (Wildman–Crippen LogP) is 9.06. The number of nitrogens with zero attached hydrogens (tertiary/aromatic N) is 4. The molecule has 320 valence electrons. The summed E-state index contributed by atoms with van der Waals surface area (Å²) in [6.45, 7) is 4.26. The van der Waals surface area contributed by atoms with E-state index in [0.717, 1.165) is 37.1 Å². The Hall–Kier alpha value is -7.10. The first-order chi connectivity index (χ1) is 30.7. The molecule has 9 heteroatoms. The second-order valence-corrected chi connectivity index (χ2v) is 16.3. The van der Waals surface area contributed by atoms with Crippen molar-refractivity contribution in [3.05, 3.63) is 202 Å². The van der Waals surface area contributed by atoms with Gasteiger partial charge in [0, 0.05) is 63.8 Å². The summed E-state index contributed by atoms with van der Waals surface area (Å²) < 4.78 is 5.32. The SMILES string of the molecule is CN(C)C(=O)/C=C/c1ccc(C2c3ccc(O)cc3CCN2c2ccccc2)cc1.O=C(/C=C/c1ccc(C2c3ccc(O)cc3CCN2c2ccccc2)cc1)N1CCOCC1. The number of amides is 2. The highest BCUT2D eigenvalue weighted by molar-refractivity contribution is 5.92. The first-order valence-electron chi connectivity index (χ1n) is 21.6. The molecule has 3 aliphatic heterocycles. The smallest absolute Gasteiger partial charge is 0.246 e. The number of aromatic hydroxyl groups is 2. The van der Waals surface area contributed by atoms with Crippen LogP contribution in [-0.4, -0.2) is 85.3 Å². The minimum absolute atomic E-state index is 0.0265. The van der Waals surface area contributed by atoms with Crippen molar-refractivity contribution >= 4 is 35.3 Å². The average Bonchev–Trinajstić information content (AvgIpc) is 3.33. The molecule has 3 heterocycles. The van der Waals surface area contributed by atoms with E-state index in [1.807, 2.05) is 65.6 Å². The van der Waals surface area contributed by atoms with Crippen molar-refractivity contribution in [1.29, 1.82) is 0 Å². The fraction of sp³-hybridized carbons (Fsp3) is 0.222. The van der Waals surface area contributed by atoms with E-state index in [1.165, 1.54) is 44.8 Å². The standard InChI is InChI=1S/C28H28N2O3.C26H26N2O2/c31-25-11-12-26-23(20-25)14-15-30(24-4-2-1-3-5-24)28(26)22-9-6-21(7-10-22)8-13-27(32)29-16-18-33-19-17-29;1-27(2)25(30)15-10-19-8-11-20(12-9-19)26-24-14-13-23(29)18-21(24)16-17-28(26)22-6-4-3-5-7-22/h1-13,20,28,31H,14-19H2;3-15,18,26,29H,16-17H2,1-2H3/b13-8+;15-10+. The maximum atomic E-state index is 12.4. The van der Waals surface area contributed by atoms with Crippen molar-refractivity contribution in [2.45, 2.75) is 24.9 Å². The molecule has 0 aliphatic carbocycles. The van der Waals surface area contributed by atoms with Gasteiger partial charge in [0.15, 0.2) is 0 Å². The van der Waals surface area contributed by atoms with Gasteiger partial charge < -0.3 is 34.5 Å². The number of hydrogen-bond donors (Lipinski definition) is 2. The number of likely N-dealkylation sites (N-methyl/N-ethyl adjacent to an activating group) is 1. The molecule has 3 aliphatic rings. The van der Waals surface area contributed by atoms with Crippen molar-refractivity contribution in [3.63, 3.8) is 0 Å². The predicted molar refractivity (Wildman–Crippen MR) is 252 cm³/mol. The van der Waals surface area contributed by atoms with Crippen molar-refractivity contribution in [2.24, 2.45) is 0 Å². The minimum atomic E-state index is -0.0321. The lowest BCUT2D eigenvalue weighted by atomic mass is 9.87. The van der Waals surface area contributed by atoms with E-state index in [-0.39, 0.29) is 23.9 Å². The van der Waals surface area contributed by atoms with Gasteiger partial charge in [-0.05, 0) is 118 Å². The maximum absolute atomic E-state index is 12.4. The van der Waals surface area contributed by atoms with Crippen LogP contribution in [0.15, 0.2) is 158 Å². The molecule has 2 amide bonds. The average molecular weight is 839 g/mol. The van der Waals surface area contributed by atoms with Gasteiger partial charge >= 0.3 is 0 Å². The lowest BCUT2D eigenvalue weighted by Gasteiger charge is -2.39. The number of anilines is 2. The van der Waals surface area contributed by atoms with Crippen LogP contribution in [0, 0.1) is 0 Å². The minimum Gasteiger partial charge on any atom is -0.508 e. The van der Waals surface area contributed by atoms with Crippen LogP contribution in [0.2, 0.25) is 0 Å². The molecular formula is C54H54N4O5. The monoisotopic (exact) mass is 838 g/mol. The Bertz CT molecular complexity index is 2550. The zero-order chi connectivity index (χ0) is 43.7. The van der Waals surface area contributed by atoms with Crippen LogP contribution in [0.25, 0.3) is 12.2 Å². The van der Waals surface area contributed by atoms with Crippen LogP contribution in [-0.2, 0) is 27.2 Å². The molecule has 0 saturated carbocycles. The summed E-state index contributed by atoms with van der Waals surface area (Å²) in [7, 11) is 3.48. The number of carbonyl (C=O) groups is 2. The van der Waals surface area contributed by atoms with Crippen LogP contribution in [0.1, 0.15) is 56.6 Å². The van der Waals surface area contributed by atoms with Gasteiger partial charge in [0.25, 0.3) is 0 Å². The highest BCUT2D eigenvalue weighted by Crippen LogP contribution is 2.41. The third-order valence-electron chi connectivity index (χ3n) is 12.0. The fourth-order valence-corrected chi connectivity index (χ4v) is 8.69. The number of rotatable bonds is 8. The molecule has 1 fully saturated rings. The van der Waals surface area contributed by atoms with Crippen molar-refractivity contribution in [2.75, 3.05) is 63.3 Å². The molecule has 2 unspecified atom stereocenters. The van der Waals surface area contributed by atoms with Gasteiger partial charge in [-0.15, -0.1) is 0 Å². The molecule has 0 aromatic heterocycles. The molecule has 63 heavy (non-hydrogen) atoms. The first kappa shape index (κ1) is 42.6.